The molecule has 0 saturated carbocycles. The third kappa shape index (κ3) is 2.74. The number of rotatable bonds is 4. The summed E-state index contributed by atoms with van der Waals surface area (Å²) in [5.74, 6) is 0. The Morgan fingerprint density at radius 3 is 2.40 bits per heavy atom. The fourth-order valence-corrected chi connectivity index (χ4v) is 3.37. The second-order valence-electron chi connectivity index (χ2n) is 5.19. The summed E-state index contributed by atoms with van der Waals surface area (Å²) in [6.45, 7) is 6.06. The molecule has 3 rings (SSSR count). The standard InChI is InChI=1S/C17H19BrN2/c1-2-19-10-13-7-8-17(16(18)9-13)20-11-14-5-3-4-6-15(14)12-20/h3-9,19H,2,10-12H2,1H3. The Labute approximate surface area is 128 Å². The maximum absolute atomic E-state index is 3.72. The van der Waals surface area contributed by atoms with E-state index in [4.69, 9.17) is 0 Å². The largest absolute Gasteiger partial charge is 0.362 e. The molecule has 2 aromatic carbocycles. The molecule has 3 heteroatoms. The normalized spacial score (nSPS) is 13.6. The van der Waals surface area contributed by atoms with Crippen LogP contribution in [-0.2, 0) is 19.6 Å². The maximum atomic E-state index is 3.72. The molecular weight excluding hydrogens is 312 g/mol. The van der Waals surface area contributed by atoms with E-state index >= 15 is 0 Å². The van der Waals surface area contributed by atoms with Crippen LogP contribution in [0.5, 0.6) is 0 Å². The quantitative estimate of drug-likeness (QED) is 0.908. The summed E-state index contributed by atoms with van der Waals surface area (Å²) in [5, 5.41) is 3.36. The highest BCUT2D eigenvalue weighted by atomic mass is 79.9. The fourth-order valence-electron chi connectivity index (χ4n) is 2.69. The van der Waals surface area contributed by atoms with Crippen molar-refractivity contribution in [3.63, 3.8) is 0 Å². The molecule has 0 aliphatic carbocycles. The SMILES string of the molecule is CCNCc1ccc(N2Cc3ccccc3C2)c(Br)c1. The van der Waals surface area contributed by atoms with Gasteiger partial charge in [-0.25, -0.2) is 0 Å². The van der Waals surface area contributed by atoms with Crippen LogP contribution in [0.2, 0.25) is 0 Å². The molecule has 0 fully saturated rings. The molecule has 0 aromatic heterocycles. The second kappa shape index (κ2) is 5.98. The van der Waals surface area contributed by atoms with E-state index in [1.807, 2.05) is 0 Å². The van der Waals surface area contributed by atoms with Crippen LogP contribution < -0.4 is 10.2 Å². The van der Waals surface area contributed by atoms with Crippen molar-refractivity contribution in [2.45, 2.75) is 26.6 Å². The summed E-state index contributed by atoms with van der Waals surface area (Å²) in [5.41, 5.74) is 5.48. The molecule has 0 bridgehead atoms. The molecule has 104 valence electrons. The van der Waals surface area contributed by atoms with Crippen LogP contribution in [0.1, 0.15) is 23.6 Å². The van der Waals surface area contributed by atoms with Gasteiger partial charge in [0.2, 0.25) is 0 Å². The van der Waals surface area contributed by atoms with Crippen LogP contribution in [0.3, 0.4) is 0 Å². The van der Waals surface area contributed by atoms with E-state index in [2.05, 4.69) is 75.5 Å². The molecule has 0 saturated heterocycles. The minimum absolute atomic E-state index is 0.926. The predicted molar refractivity (Wildman–Crippen MR) is 87.9 cm³/mol. The van der Waals surface area contributed by atoms with Gasteiger partial charge in [0, 0.05) is 24.1 Å². The minimum Gasteiger partial charge on any atom is -0.362 e. The van der Waals surface area contributed by atoms with Crippen LogP contribution in [0, 0.1) is 0 Å². The topological polar surface area (TPSA) is 15.3 Å². The van der Waals surface area contributed by atoms with E-state index < -0.39 is 0 Å². The van der Waals surface area contributed by atoms with Crippen LogP contribution in [-0.4, -0.2) is 6.54 Å². The van der Waals surface area contributed by atoms with E-state index in [9.17, 15) is 0 Å². The van der Waals surface area contributed by atoms with Gasteiger partial charge in [0.05, 0.1) is 5.69 Å². The fraction of sp³-hybridized carbons (Fsp3) is 0.294. The number of nitrogens with one attached hydrogen (secondary N) is 1. The molecule has 1 aliphatic heterocycles. The highest BCUT2D eigenvalue weighted by Crippen LogP contribution is 2.33. The predicted octanol–water partition coefficient (Wildman–Crippen LogP) is 4.08. The third-order valence-corrected chi connectivity index (χ3v) is 4.41. The number of fused-ring (bicyclic) bond motifs is 1. The molecule has 0 spiro atoms. The lowest BCUT2D eigenvalue weighted by Gasteiger charge is -2.20. The molecule has 0 atom stereocenters. The molecule has 1 aliphatic rings. The molecule has 0 unspecified atom stereocenters. The lowest BCUT2D eigenvalue weighted by atomic mass is 10.1. The first kappa shape index (κ1) is 13.7. The highest BCUT2D eigenvalue weighted by molar-refractivity contribution is 9.10. The van der Waals surface area contributed by atoms with Gasteiger partial charge >= 0.3 is 0 Å². The van der Waals surface area contributed by atoms with E-state index in [-0.39, 0.29) is 0 Å². The van der Waals surface area contributed by atoms with Gasteiger partial charge in [0.25, 0.3) is 0 Å². The van der Waals surface area contributed by atoms with Gasteiger partial charge in [-0.05, 0) is 51.3 Å². The Kier molecular flexibility index (Phi) is 4.08. The smallest absolute Gasteiger partial charge is 0.0516 e. The number of benzene rings is 2. The van der Waals surface area contributed by atoms with Crippen LogP contribution in [0.4, 0.5) is 5.69 Å². The number of hydrogen-bond donors (Lipinski definition) is 1. The van der Waals surface area contributed by atoms with E-state index in [0.29, 0.717) is 0 Å². The van der Waals surface area contributed by atoms with Crippen molar-refractivity contribution in [2.24, 2.45) is 0 Å². The van der Waals surface area contributed by atoms with E-state index in [1.165, 1.54) is 26.9 Å². The Balaban J connectivity index is 1.79. The van der Waals surface area contributed by atoms with Gasteiger partial charge in [-0.3, -0.25) is 0 Å². The summed E-state index contributed by atoms with van der Waals surface area (Å²) in [4.78, 5) is 2.42. The molecule has 1 heterocycles. The Morgan fingerprint density at radius 1 is 1.10 bits per heavy atom. The summed E-state index contributed by atoms with van der Waals surface area (Å²) in [7, 11) is 0. The van der Waals surface area contributed by atoms with Gasteiger partial charge in [-0.15, -0.1) is 0 Å². The second-order valence-corrected chi connectivity index (χ2v) is 6.05. The Morgan fingerprint density at radius 2 is 1.80 bits per heavy atom. The van der Waals surface area contributed by atoms with Crippen molar-refractivity contribution in [1.82, 2.24) is 5.32 Å². The molecule has 0 radical (unpaired) electrons. The monoisotopic (exact) mass is 330 g/mol. The third-order valence-electron chi connectivity index (χ3n) is 3.77. The summed E-state index contributed by atoms with van der Waals surface area (Å²) in [6.07, 6.45) is 0. The molecule has 2 nitrogen and oxygen atoms in total. The zero-order valence-corrected chi connectivity index (χ0v) is 13.3. The average Bonchev–Trinajstić information content (AvgIpc) is 2.88. The maximum Gasteiger partial charge on any atom is 0.0516 e. The van der Waals surface area contributed by atoms with Gasteiger partial charge in [0.1, 0.15) is 0 Å². The van der Waals surface area contributed by atoms with Crippen molar-refractivity contribution in [3.8, 4) is 0 Å². The Bertz CT molecular complexity index is 585. The van der Waals surface area contributed by atoms with Crippen LogP contribution in [0.15, 0.2) is 46.9 Å². The van der Waals surface area contributed by atoms with Gasteiger partial charge < -0.3 is 10.2 Å². The van der Waals surface area contributed by atoms with Crippen molar-refractivity contribution in [3.05, 3.63) is 63.6 Å². The molecule has 0 amide bonds. The zero-order chi connectivity index (χ0) is 13.9. The van der Waals surface area contributed by atoms with Crippen LogP contribution in [0.25, 0.3) is 0 Å². The van der Waals surface area contributed by atoms with Crippen molar-refractivity contribution in [1.29, 1.82) is 0 Å². The van der Waals surface area contributed by atoms with Gasteiger partial charge in [0.15, 0.2) is 0 Å². The lowest BCUT2D eigenvalue weighted by molar-refractivity contribution is 0.726. The molecule has 1 N–H and O–H groups in total. The van der Waals surface area contributed by atoms with Crippen molar-refractivity contribution >= 4 is 21.6 Å². The molecule has 2 aromatic rings. The number of halogens is 1. The first-order chi connectivity index (χ1) is 9.78. The average molecular weight is 331 g/mol. The minimum atomic E-state index is 0.926. The summed E-state index contributed by atoms with van der Waals surface area (Å²) >= 11 is 3.72. The summed E-state index contributed by atoms with van der Waals surface area (Å²) < 4.78 is 1.18. The summed E-state index contributed by atoms with van der Waals surface area (Å²) in [6, 6.07) is 15.4. The number of hydrogen-bond acceptors (Lipinski definition) is 2. The molecule has 20 heavy (non-hydrogen) atoms. The zero-order valence-electron chi connectivity index (χ0n) is 11.7. The van der Waals surface area contributed by atoms with Crippen molar-refractivity contribution in [2.75, 3.05) is 11.4 Å². The van der Waals surface area contributed by atoms with Crippen LogP contribution >= 0.6 is 15.9 Å². The first-order valence-electron chi connectivity index (χ1n) is 7.09. The van der Waals surface area contributed by atoms with Gasteiger partial charge in [-0.1, -0.05) is 37.3 Å². The highest BCUT2D eigenvalue weighted by Gasteiger charge is 2.20. The van der Waals surface area contributed by atoms with Gasteiger partial charge in [-0.2, -0.15) is 0 Å². The lowest BCUT2D eigenvalue weighted by Crippen LogP contribution is -2.16. The number of nitrogens with zero attached hydrogens (tertiary/aromatic N) is 1. The number of anilines is 1. The van der Waals surface area contributed by atoms with E-state index in [1.54, 1.807) is 0 Å². The Hall–Kier alpha value is -1.32. The van der Waals surface area contributed by atoms with Crippen molar-refractivity contribution < 1.29 is 0 Å². The van der Waals surface area contributed by atoms with E-state index in [0.717, 1.165) is 26.2 Å². The molecular formula is C17H19BrN2. The first-order valence-corrected chi connectivity index (χ1v) is 7.88.